The summed E-state index contributed by atoms with van der Waals surface area (Å²) in [5, 5.41) is 7.90. The van der Waals surface area contributed by atoms with Gasteiger partial charge in [0.05, 0.1) is 34.7 Å². The van der Waals surface area contributed by atoms with Crippen molar-refractivity contribution < 1.29 is 23.9 Å². The van der Waals surface area contributed by atoms with E-state index in [2.05, 4.69) is 20.4 Å². The number of hydrogen-bond donors (Lipinski definition) is 1. The van der Waals surface area contributed by atoms with E-state index in [1.165, 1.54) is 11.8 Å². The van der Waals surface area contributed by atoms with Crippen LogP contribution in [0.5, 0.6) is 5.75 Å². The fourth-order valence-electron chi connectivity index (χ4n) is 4.91. The number of thiazole rings is 1. The van der Waals surface area contributed by atoms with Gasteiger partial charge >= 0.3 is 6.09 Å². The number of carbonyl (C=O) groups excluding carboxylic acids is 2. The monoisotopic (exact) mass is 597 g/mol. The molecule has 1 aromatic carbocycles. The lowest BCUT2D eigenvalue weighted by molar-refractivity contribution is -0.113. The van der Waals surface area contributed by atoms with Crippen LogP contribution in [0.2, 0.25) is 0 Å². The van der Waals surface area contributed by atoms with Crippen molar-refractivity contribution in [3.05, 3.63) is 41.0 Å². The number of fused-ring (bicyclic) bond motifs is 2. The second-order valence-corrected chi connectivity index (χ2v) is 13.2. The Morgan fingerprint density at radius 2 is 1.98 bits per heavy atom. The van der Waals surface area contributed by atoms with Crippen LogP contribution in [0.1, 0.15) is 57.2 Å². The Kier molecular flexibility index (Phi) is 8.98. The SMILES string of the molecule is COc1cccc2sc(CO/N=C/[C@H]3CC[C@H](N(Cc4ccc5c(n4)NC(=O)CS5)C(=O)OC(C)(C)C)CC3)nc12. The third kappa shape index (κ3) is 7.48. The molecule has 0 bridgehead atoms. The Morgan fingerprint density at radius 3 is 2.73 bits per heavy atom. The van der Waals surface area contributed by atoms with Gasteiger partial charge in [-0.2, -0.15) is 0 Å². The van der Waals surface area contributed by atoms with E-state index < -0.39 is 5.60 Å². The van der Waals surface area contributed by atoms with Gasteiger partial charge < -0.3 is 19.6 Å². The first kappa shape index (κ1) is 29.1. The molecule has 1 aliphatic carbocycles. The highest BCUT2D eigenvalue weighted by molar-refractivity contribution is 8.00. The molecule has 1 fully saturated rings. The normalized spacial score (nSPS) is 19.1. The largest absolute Gasteiger partial charge is 0.494 e. The first-order chi connectivity index (χ1) is 19.7. The van der Waals surface area contributed by atoms with Gasteiger partial charge in [-0.3, -0.25) is 9.69 Å². The van der Waals surface area contributed by atoms with Gasteiger partial charge in [0.1, 0.15) is 27.7 Å². The summed E-state index contributed by atoms with van der Waals surface area (Å²) < 4.78 is 12.2. The van der Waals surface area contributed by atoms with Crippen molar-refractivity contribution in [2.45, 2.75) is 76.1 Å². The van der Waals surface area contributed by atoms with Gasteiger partial charge in [-0.1, -0.05) is 11.2 Å². The molecule has 2 amide bonds. The highest BCUT2D eigenvalue weighted by Crippen LogP contribution is 2.33. The Balaban J connectivity index is 1.18. The number of carbonyl (C=O) groups is 2. The van der Waals surface area contributed by atoms with Gasteiger partial charge in [0, 0.05) is 12.3 Å². The number of nitrogens with one attached hydrogen (secondary N) is 1. The van der Waals surface area contributed by atoms with E-state index in [1.807, 2.05) is 57.3 Å². The van der Waals surface area contributed by atoms with Gasteiger partial charge in [0.15, 0.2) is 6.61 Å². The van der Waals surface area contributed by atoms with Crippen LogP contribution in [0.25, 0.3) is 10.2 Å². The number of methoxy groups -OCH3 is 1. The van der Waals surface area contributed by atoms with Crippen LogP contribution < -0.4 is 10.1 Å². The van der Waals surface area contributed by atoms with Crippen molar-refractivity contribution in [3.63, 3.8) is 0 Å². The summed E-state index contributed by atoms with van der Waals surface area (Å²) in [6.45, 7) is 6.21. The van der Waals surface area contributed by atoms with Crippen LogP contribution in [-0.2, 0) is 27.5 Å². The Labute approximate surface area is 247 Å². The van der Waals surface area contributed by atoms with Crippen LogP contribution in [0.3, 0.4) is 0 Å². The van der Waals surface area contributed by atoms with Crippen molar-refractivity contribution >= 4 is 57.3 Å². The van der Waals surface area contributed by atoms with Gasteiger partial charge in [0.2, 0.25) is 5.91 Å². The lowest BCUT2D eigenvalue weighted by Gasteiger charge is -2.37. The number of pyridine rings is 1. The third-order valence-corrected chi connectivity index (χ3v) is 8.90. The summed E-state index contributed by atoms with van der Waals surface area (Å²) in [5.74, 6) is 1.88. The number of oxime groups is 1. The summed E-state index contributed by atoms with van der Waals surface area (Å²) in [4.78, 5) is 42.7. The Morgan fingerprint density at radius 1 is 1.17 bits per heavy atom. The zero-order valence-electron chi connectivity index (χ0n) is 23.7. The number of thioether (sulfide) groups is 1. The van der Waals surface area contributed by atoms with E-state index in [4.69, 9.17) is 14.3 Å². The quantitative estimate of drug-likeness (QED) is 0.240. The fourth-order valence-corrected chi connectivity index (χ4v) is 6.56. The topological polar surface area (TPSA) is 115 Å². The highest BCUT2D eigenvalue weighted by atomic mass is 32.2. The maximum atomic E-state index is 13.3. The molecule has 1 aliphatic heterocycles. The molecule has 1 N–H and O–H groups in total. The summed E-state index contributed by atoms with van der Waals surface area (Å²) in [6.07, 6.45) is 4.88. The smallest absolute Gasteiger partial charge is 0.410 e. The van der Waals surface area contributed by atoms with Gasteiger partial charge in [-0.25, -0.2) is 14.8 Å². The number of ether oxygens (including phenoxy) is 2. The van der Waals surface area contributed by atoms with Crippen molar-refractivity contribution in [2.75, 3.05) is 18.2 Å². The van der Waals surface area contributed by atoms with Crippen molar-refractivity contribution in [3.8, 4) is 5.75 Å². The standard InChI is InChI=1S/C29H35N5O5S2/c1-29(2,3)39-28(36)34(15-19-10-13-23-27(31-19)32-24(35)17-40-23)20-11-8-18(9-12-20)14-30-38-16-25-33-26-21(37-4)6-5-7-22(26)41-25/h5-7,10,13-14,18,20H,8-9,11-12,15-17H2,1-4H3,(H,31,32,35)/b30-14+/t18-,20-. The third-order valence-electron chi connectivity index (χ3n) is 6.86. The number of nitrogens with zero attached hydrogens (tertiary/aromatic N) is 4. The number of anilines is 1. The van der Waals surface area contributed by atoms with Crippen LogP contribution in [0.4, 0.5) is 10.6 Å². The molecule has 0 atom stereocenters. The van der Waals surface area contributed by atoms with E-state index >= 15 is 0 Å². The minimum atomic E-state index is -0.612. The predicted molar refractivity (Wildman–Crippen MR) is 161 cm³/mol. The first-order valence-electron chi connectivity index (χ1n) is 13.7. The van der Waals surface area contributed by atoms with Crippen LogP contribution in [0.15, 0.2) is 40.4 Å². The molecule has 218 valence electrons. The van der Waals surface area contributed by atoms with Crippen molar-refractivity contribution in [2.24, 2.45) is 11.1 Å². The molecular formula is C29H35N5O5S2. The number of aromatic nitrogens is 2. The molecule has 2 aromatic heterocycles. The van der Waals surface area contributed by atoms with E-state index in [9.17, 15) is 9.59 Å². The number of hydrogen-bond acceptors (Lipinski definition) is 10. The molecule has 3 heterocycles. The van der Waals surface area contributed by atoms with Crippen molar-refractivity contribution in [1.82, 2.24) is 14.9 Å². The molecule has 1 saturated carbocycles. The van der Waals surface area contributed by atoms with E-state index in [-0.39, 0.29) is 24.0 Å². The zero-order chi connectivity index (χ0) is 29.0. The van der Waals surface area contributed by atoms with Gasteiger partial charge in [0.25, 0.3) is 0 Å². The molecular weight excluding hydrogens is 562 g/mol. The summed E-state index contributed by atoms with van der Waals surface area (Å²) >= 11 is 3.03. The minimum absolute atomic E-state index is 0.00921. The maximum Gasteiger partial charge on any atom is 0.410 e. The lowest BCUT2D eigenvalue weighted by Crippen LogP contribution is -2.44. The summed E-state index contributed by atoms with van der Waals surface area (Å²) in [6, 6.07) is 9.73. The number of benzene rings is 1. The Bertz CT molecular complexity index is 1430. The van der Waals surface area contributed by atoms with E-state index in [1.54, 1.807) is 23.3 Å². The van der Waals surface area contributed by atoms with Gasteiger partial charge in [-0.05, 0) is 76.6 Å². The molecule has 3 aromatic rings. The molecule has 0 unspecified atom stereocenters. The second kappa shape index (κ2) is 12.6. The first-order valence-corrected chi connectivity index (χ1v) is 15.5. The number of amides is 2. The van der Waals surface area contributed by atoms with Gasteiger partial charge in [-0.15, -0.1) is 23.1 Å². The van der Waals surface area contributed by atoms with Crippen molar-refractivity contribution in [1.29, 1.82) is 0 Å². The average Bonchev–Trinajstić information content (AvgIpc) is 3.36. The highest BCUT2D eigenvalue weighted by Gasteiger charge is 2.32. The summed E-state index contributed by atoms with van der Waals surface area (Å²) in [5.41, 5.74) is 0.936. The van der Waals surface area contributed by atoms with E-state index in [0.29, 0.717) is 30.4 Å². The molecule has 0 radical (unpaired) electrons. The number of para-hydroxylation sites is 1. The maximum absolute atomic E-state index is 13.3. The zero-order valence-corrected chi connectivity index (χ0v) is 25.3. The molecule has 0 spiro atoms. The predicted octanol–water partition coefficient (Wildman–Crippen LogP) is 6.24. The minimum Gasteiger partial charge on any atom is -0.494 e. The van der Waals surface area contributed by atoms with Crippen LogP contribution >= 0.6 is 23.1 Å². The lowest BCUT2D eigenvalue weighted by atomic mass is 9.86. The summed E-state index contributed by atoms with van der Waals surface area (Å²) in [7, 11) is 1.64. The molecule has 5 rings (SSSR count). The molecule has 2 aliphatic rings. The second-order valence-electron chi connectivity index (χ2n) is 11.1. The van der Waals surface area contributed by atoms with E-state index in [0.717, 1.165) is 51.6 Å². The fraction of sp³-hybridized carbons (Fsp3) is 0.483. The average molecular weight is 598 g/mol. The molecule has 41 heavy (non-hydrogen) atoms. The molecule has 12 heteroatoms. The number of rotatable bonds is 8. The molecule has 0 saturated heterocycles. The van der Waals surface area contributed by atoms with Crippen LogP contribution in [0, 0.1) is 5.92 Å². The Hall–Kier alpha value is -3.38. The molecule has 10 nitrogen and oxygen atoms in total. The van der Waals surface area contributed by atoms with Crippen LogP contribution in [-0.4, -0.2) is 57.6 Å².